The summed E-state index contributed by atoms with van der Waals surface area (Å²) in [6.45, 7) is 6.32. The molecule has 1 N–H and O–H groups in total. The largest absolute Gasteiger partial charge is 0.376 e. The molecule has 1 atom stereocenters. The average Bonchev–Trinajstić information content (AvgIpc) is 3.32. The van der Waals surface area contributed by atoms with Crippen LogP contribution in [0.2, 0.25) is 0 Å². The van der Waals surface area contributed by atoms with Crippen molar-refractivity contribution in [3.63, 3.8) is 0 Å². The van der Waals surface area contributed by atoms with Crippen molar-refractivity contribution in [1.82, 2.24) is 9.88 Å². The van der Waals surface area contributed by atoms with E-state index in [1.54, 1.807) is 11.3 Å². The highest BCUT2D eigenvalue weighted by Crippen LogP contribution is 2.30. The average molecular weight is 369 g/mol. The van der Waals surface area contributed by atoms with Crippen molar-refractivity contribution in [3.05, 3.63) is 58.1 Å². The van der Waals surface area contributed by atoms with Crippen LogP contribution in [0.3, 0.4) is 0 Å². The van der Waals surface area contributed by atoms with Crippen LogP contribution in [0.5, 0.6) is 0 Å². The first kappa shape index (κ1) is 17.3. The molecule has 4 rings (SSSR count). The topological polar surface area (TPSA) is 43.3 Å². The van der Waals surface area contributed by atoms with Crippen LogP contribution in [0.25, 0.3) is 10.2 Å². The van der Waals surface area contributed by atoms with Gasteiger partial charge in [-0.2, -0.15) is 0 Å². The molecule has 0 aliphatic carbocycles. The van der Waals surface area contributed by atoms with E-state index in [0.717, 1.165) is 30.7 Å². The maximum Gasteiger partial charge on any atom is 0.268 e. The van der Waals surface area contributed by atoms with Crippen molar-refractivity contribution in [1.29, 1.82) is 0 Å². The number of fused-ring (bicyclic) bond motifs is 1. The van der Waals surface area contributed by atoms with Crippen molar-refractivity contribution in [2.24, 2.45) is 0 Å². The van der Waals surface area contributed by atoms with Crippen molar-refractivity contribution in [2.45, 2.75) is 39.3 Å². The molecule has 26 heavy (non-hydrogen) atoms. The minimum atomic E-state index is -0.0184. The summed E-state index contributed by atoms with van der Waals surface area (Å²) in [4.78, 5) is 14.1. The fourth-order valence-electron chi connectivity index (χ4n) is 3.58. The Kier molecular flexibility index (Phi) is 4.83. The second-order valence-electron chi connectivity index (χ2n) is 6.99. The molecule has 4 nitrogen and oxygen atoms in total. The number of thiophene rings is 1. The molecule has 1 aliphatic rings. The lowest BCUT2D eigenvalue weighted by molar-refractivity contribution is 0.0851. The molecule has 0 unspecified atom stereocenters. The number of carbonyl (C=O) groups excluding carboxylic acids is 1. The monoisotopic (exact) mass is 368 g/mol. The summed E-state index contributed by atoms with van der Waals surface area (Å²) >= 11 is 1.74. The first-order valence-corrected chi connectivity index (χ1v) is 9.97. The van der Waals surface area contributed by atoms with Gasteiger partial charge in [0.05, 0.1) is 16.3 Å². The SMILES string of the molecule is Cc1cc2c(cc(C(=O)NC[C@@H]3CCCO3)n2Cc2ccccc2C)s1. The highest BCUT2D eigenvalue weighted by molar-refractivity contribution is 7.19. The molecule has 2 aromatic heterocycles. The lowest BCUT2D eigenvalue weighted by atomic mass is 10.1. The Morgan fingerprint density at radius 1 is 1.31 bits per heavy atom. The third-order valence-corrected chi connectivity index (χ3v) is 6.04. The number of aromatic nitrogens is 1. The van der Waals surface area contributed by atoms with Crippen molar-refractivity contribution < 1.29 is 9.53 Å². The van der Waals surface area contributed by atoms with Gasteiger partial charge in [-0.1, -0.05) is 24.3 Å². The molecular formula is C21H24N2O2S. The first-order valence-electron chi connectivity index (χ1n) is 9.16. The summed E-state index contributed by atoms with van der Waals surface area (Å²) in [5.74, 6) is -0.0184. The van der Waals surface area contributed by atoms with E-state index >= 15 is 0 Å². The van der Waals surface area contributed by atoms with Gasteiger partial charge in [0.2, 0.25) is 0 Å². The van der Waals surface area contributed by atoms with E-state index < -0.39 is 0 Å². The number of amides is 1. The van der Waals surface area contributed by atoms with Crippen LogP contribution in [0.15, 0.2) is 36.4 Å². The molecule has 0 saturated carbocycles. The van der Waals surface area contributed by atoms with E-state index in [1.807, 2.05) is 12.1 Å². The molecule has 1 saturated heterocycles. The van der Waals surface area contributed by atoms with Crippen LogP contribution in [-0.4, -0.2) is 29.7 Å². The Bertz CT molecular complexity index is 935. The van der Waals surface area contributed by atoms with Gasteiger partial charge in [0.1, 0.15) is 5.69 Å². The summed E-state index contributed by atoms with van der Waals surface area (Å²) in [6, 6.07) is 12.6. The lowest BCUT2D eigenvalue weighted by Crippen LogP contribution is -2.33. The summed E-state index contributed by atoms with van der Waals surface area (Å²) in [6.07, 6.45) is 2.26. The van der Waals surface area contributed by atoms with Crippen molar-refractivity contribution in [3.8, 4) is 0 Å². The van der Waals surface area contributed by atoms with Crippen LogP contribution >= 0.6 is 11.3 Å². The normalized spacial score (nSPS) is 17.1. The van der Waals surface area contributed by atoms with E-state index in [9.17, 15) is 4.79 Å². The van der Waals surface area contributed by atoms with Crippen LogP contribution in [-0.2, 0) is 11.3 Å². The van der Waals surface area contributed by atoms with Crippen LogP contribution in [0.4, 0.5) is 0 Å². The lowest BCUT2D eigenvalue weighted by Gasteiger charge is -2.14. The zero-order valence-electron chi connectivity index (χ0n) is 15.2. The number of nitrogens with one attached hydrogen (secondary N) is 1. The molecule has 1 amide bonds. The number of nitrogens with zero attached hydrogens (tertiary/aromatic N) is 1. The Morgan fingerprint density at radius 3 is 2.92 bits per heavy atom. The van der Waals surface area contributed by atoms with Gasteiger partial charge in [-0.3, -0.25) is 4.79 Å². The maximum atomic E-state index is 12.9. The van der Waals surface area contributed by atoms with Gasteiger partial charge in [0, 0.05) is 24.6 Å². The quantitative estimate of drug-likeness (QED) is 0.731. The number of rotatable bonds is 5. The van der Waals surface area contributed by atoms with Gasteiger partial charge < -0.3 is 14.6 Å². The van der Waals surface area contributed by atoms with Crippen molar-refractivity contribution >= 4 is 27.5 Å². The molecule has 1 aromatic carbocycles. The predicted molar refractivity (Wildman–Crippen MR) is 106 cm³/mol. The molecule has 0 bridgehead atoms. The predicted octanol–water partition coefficient (Wildman–Crippen LogP) is 4.28. The zero-order valence-corrected chi connectivity index (χ0v) is 16.1. The summed E-state index contributed by atoms with van der Waals surface area (Å²) < 4.78 is 8.93. The van der Waals surface area contributed by atoms with Crippen LogP contribution in [0.1, 0.15) is 39.3 Å². The first-order chi connectivity index (χ1) is 12.6. The number of aryl methyl sites for hydroxylation is 2. The van der Waals surface area contributed by atoms with Gasteiger partial charge in [-0.25, -0.2) is 0 Å². The van der Waals surface area contributed by atoms with E-state index in [-0.39, 0.29) is 12.0 Å². The van der Waals surface area contributed by atoms with Gasteiger partial charge in [-0.15, -0.1) is 11.3 Å². The van der Waals surface area contributed by atoms with Crippen molar-refractivity contribution in [2.75, 3.05) is 13.2 Å². The van der Waals surface area contributed by atoms with Gasteiger partial charge >= 0.3 is 0 Å². The Morgan fingerprint density at radius 2 is 2.15 bits per heavy atom. The summed E-state index contributed by atoms with van der Waals surface area (Å²) in [7, 11) is 0. The third kappa shape index (κ3) is 3.41. The molecule has 1 aliphatic heterocycles. The minimum Gasteiger partial charge on any atom is -0.376 e. The highest BCUT2D eigenvalue weighted by Gasteiger charge is 2.20. The van der Waals surface area contributed by atoms with E-state index in [0.29, 0.717) is 13.1 Å². The number of benzene rings is 1. The van der Waals surface area contributed by atoms with Crippen LogP contribution in [0, 0.1) is 13.8 Å². The second kappa shape index (κ2) is 7.25. The Balaban J connectivity index is 1.64. The van der Waals surface area contributed by atoms with E-state index in [2.05, 4.69) is 48.0 Å². The number of carbonyl (C=O) groups is 1. The Labute approximate surface area is 157 Å². The zero-order chi connectivity index (χ0) is 18.1. The minimum absolute atomic E-state index is 0.0184. The Hall–Kier alpha value is -2.11. The smallest absolute Gasteiger partial charge is 0.268 e. The molecule has 0 radical (unpaired) electrons. The standard InChI is InChI=1S/C21H24N2O2S/c1-14-6-3-4-7-16(14)13-23-18-10-15(2)26-20(18)11-19(23)21(24)22-12-17-8-5-9-25-17/h3-4,6-7,10-11,17H,5,8-9,12-13H2,1-2H3,(H,22,24)/t17-/m0/s1. The molecule has 0 spiro atoms. The fourth-order valence-corrected chi connectivity index (χ4v) is 4.55. The van der Waals surface area contributed by atoms with Gasteiger partial charge in [0.25, 0.3) is 5.91 Å². The van der Waals surface area contributed by atoms with Gasteiger partial charge in [0.15, 0.2) is 0 Å². The fraction of sp³-hybridized carbons (Fsp3) is 0.381. The molecular weight excluding hydrogens is 344 g/mol. The summed E-state index contributed by atoms with van der Waals surface area (Å²) in [5.41, 5.74) is 4.35. The summed E-state index contributed by atoms with van der Waals surface area (Å²) in [5, 5.41) is 3.07. The van der Waals surface area contributed by atoms with Crippen LogP contribution < -0.4 is 5.32 Å². The molecule has 5 heteroatoms. The molecule has 3 heterocycles. The highest BCUT2D eigenvalue weighted by atomic mass is 32.1. The van der Waals surface area contributed by atoms with E-state index in [4.69, 9.17) is 4.74 Å². The number of ether oxygens (including phenoxy) is 1. The number of hydrogen-bond acceptors (Lipinski definition) is 3. The second-order valence-corrected chi connectivity index (χ2v) is 8.28. The van der Waals surface area contributed by atoms with Gasteiger partial charge in [-0.05, 0) is 49.9 Å². The maximum absolute atomic E-state index is 12.9. The molecule has 3 aromatic rings. The molecule has 136 valence electrons. The molecule has 1 fully saturated rings. The number of hydrogen-bond donors (Lipinski definition) is 1. The van der Waals surface area contributed by atoms with E-state index in [1.165, 1.54) is 20.7 Å². The third-order valence-electron chi connectivity index (χ3n) is 5.05.